The number of rotatable bonds is 5. The van der Waals surface area contributed by atoms with Crippen LogP contribution in [0.5, 0.6) is 0 Å². The Morgan fingerprint density at radius 3 is 2.56 bits per heavy atom. The quantitative estimate of drug-likeness (QED) is 0.712. The molecule has 0 aliphatic rings. The molecule has 102 valence electrons. The first-order chi connectivity index (χ1) is 8.19. The second-order valence-electron chi connectivity index (χ2n) is 4.81. The molecule has 0 heterocycles. The highest BCUT2D eigenvalue weighted by Gasteiger charge is 2.24. The third kappa shape index (κ3) is 3.58. The average Bonchev–Trinajstić information content (AvgIpc) is 2.26. The highest BCUT2D eigenvalue weighted by Crippen LogP contribution is 2.27. The molecular weight excluding hydrogens is 276 g/mol. The Bertz CT molecular complexity index is 509. The van der Waals surface area contributed by atoms with Crippen LogP contribution in [0.25, 0.3) is 0 Å². The zero-order chi connectivity index (χ0) is 14.0. The van der Waals surface area contributed by atoms with Crippen molar-refractivity contribution < 1.29 is 13.5 Å². The number of nitrogens with one attached hydrogen (secondary N) is 1. The van der Waals surface area contributed by atoms with E-state index in [2.05, 4.69) is 4.72 Å². The summed E-state index contributed by atoms with van der Waals surface area (Å²) in [6, 6.07) is 4.51. The van der Waals surface area contributed by atoms with Crippen molar-refractivity contribution >= 4 is 27.3 Å². The molecule has 0 amide bonds. The first-order valence-corrected chi connectivity index (χ1v) is 7.20. The van der Waals surface area contributed by atoms with Crippen LogP contribution < -0.4 is 10.5 Å². The van der Waals surface area contributed by atoms with Gasteiger partial charge in [0.15, 0.2) is 0 Å². The first-order valence-electron chi connectivity index (χ1n) is 5.34. The number of nitrogens with two attached hydrogens (primary N) is 1. The van der Waals surface area contributed by atoms with Gasteiger partial charge in [0.05, 0.1) is 10.7 Å². The van der Waals surface area contributed by atoms with Crippen LogP contribution in [0, 0.1) is 5.41 Å². The molecule has 1 aromatic carbocycles. The van der Waals surface area contributed by atoms with E-state index < -0.39 is 15.4 Å². The molecule has 1 aromatic rings. The Morgan fingerprint density at radius 1 is 1.44 bits per heavy atom. The van der Waals surface area contributed by atoms with Gasteiger partial charge in [0.1, 0.15) is 4.90 Å². The van der Waals surface area contributed by atoms with Crippen LogP contribution in [0.3, 0.4) is 0 Å². The summed E-state index contributed by atoms with van der Waals surface area (Å²) < 4.78 is 26.6. The summed E-state index contributed by atoms with van der Waals surface area (Å²) in [6.45, 7) is 3.45. The number of aliphatic hydroxyl groups excluding tert-OH is 1. The maximum atomic E-state index is 12.1. The molecule has 0 saturated carbocycles. The molecule has 0 aromatic heterocycles. The standard InChI is InChI=1S/C11H17ClN2O3S/c1-11(2,7-15)6-14-18(16,17)10-8(12)4-3-5-9(10)13/h3-5,14-15H,6-7,13H2,1-2H3. The van der Waals surface area contributed by atoms with Crippen LogP contribution in [0.1, 0.15) is 13.8 Å². The molecule has 0 spiro atoms. The van der Waals surface area contributed by atoms with Gasteiger partial charge in [-0.2, -0.15) is 0 Å². The van der Waals surface area contributed by atoms with Crippen LogP contribution in [-0.2, 0) is 10.0 Å². The fraction of sp³-hybridized carbons (Fsp3) is 0.455. The lowest BCUT2D eigenvalue weighted by atomic mass is 9.96. The molecule has 7 heteroatoms. The number of aliphatic hydroxyl groups is 1. The lowest BCUT2D eigenvalue weighted by Crippen LogP contribution is -2.36. The van der Waals surface area contributed by atoms with E-state index in [1.807, 2.05) is 0 Å². The molecule has 0 fully saturated rings. The first kappa shape index (κ1) is 15.2. The maximum absolute atomic E-state index is 12.1. The van der Waals surface area contributed by atoms with Crippen molar-refractivity contribution in [1.29, 1.82) is 0 Å². The molecule has 0 radical (unpaired) electrons. The molecule has 18 heavy (non-hydrogen) atoms. The van der Waals surface area contributed by atoms with Gasteiger partial charge in [-0.05, 0) is 12.1 Å². The number of benzene rings is 1. The number of nitrogen functional groups attached to an aromatic ring is 1. The van der Waals surface area contributed by atoms with Crippen molar-refractivity contribution in [3.05, 3.63) is 23.2 Å². The summed E-state index contributed by atoms with van der Waals surface area (Å²) in [6.07, 6.45) is 0. The maximum Gasteiger partial charge on any atom is 0.244 e. The number of hydrogen-bond acceptors (Lipinski definition) is 4. The van der Waals surface area contributed by atoms with Crippen molar-refractivity contribution in [1.82, 2.24) is 4.72 Å². The van der Waals surface area contributed by atoms with Crippen LogP contribution >= 0.6 is 11.6 Å². The van der Waals surface area contributed by atoms with Gasteiger partial charge < -0.3 is 10.8 Å². The summed E-state index contributed by atoms with van der Waals surface area (Å²) in [5.41, 5.74) is 5.17. The predicted molar refractivity (Wildman–Crippen MR) is 71.9 cm³/mol. The Morgan fingerprint density at radius 2 is 2.06 bits per heavy atom. The van der Waals surface area contributed by atoms with Crippen molar-refractivity contribution in [2.45, 2.75) is 18.7 Å². The van der Waals surface area contributed by atoms with Crippen molar-refractivity contribution in [3.8, 4) is 0 Å². The van der Waals surface area contributed by atoms with E-state index in [0.29, 0.717) is 0 Å². The van der Waals surface area contributed by atoms with Crippen LogP contribution in [0.4, 0.5) is 5.69 Å². The third-order valence-corrected chi connectivity index (χ3v) is 4.38. The van der Waals surface area contributed by atoms with E-state index >= 15 is 0 Å². The summed E-state index contributed by atoms with van der Waals surface area (Å²) in [5, 5.41) is 9.16. The third-order valence-electron chi connectivity index (χ3n) is 2.43. The average molecular weight is 293 g/mol. The minimum atomic E-state index is -3.78. The van der Waals surface area contributed by atoms with E-state index in [1.165, 1.54) is 12.1 Å². The highest BCUT2D eigenvalue weighted by molar-refractivity contribution is 7.89. The van der Waals surface area contributed by atoms with Crippen molar-refractivity contribution in [3.63, 3.8) is 0 Å². The van der Waals surface area contributed by atoms with Crippen molar-refractivity contribution in [2.24, 2.45) is 5.41 Å². The molecule has 0 unspecified atom stereocenters. The Hall–Kier alpha value is -0.820. The van der Waals surface area contributed by atoms with Gasteiger partial charge in [-0.1, -0.05) is 31.5 Å². The summed E-state index contributed by atoms with van der Waals surface area (Å²) in [5.74, 6) is 0. The molecule has 0 atom stereocenters. The van der Waals surface area contributed by atoms with Crippen LogP contribution in [0.15, 0.2) is 23.1 Å². The molecule has 4 N–H and O–H groups in total. The molecule has 0 aliphatic carbocycles. The Balaban J connectivity index is 3.01. The number of hydrogen-bond donors (Lipinski definition) is 3. The summed E-state index contributed by atoms with van der Waals surface area (Å²) >= 11 is 5.85. The van der Waals surface area contributed by atoms with E-state index in [0.717, 1.165) is 0 Å². The second-order valence-corrected chi connectivity index (χ2v) is 6.92. The van der Waals surface area contributed by atoms with E-state index in [-0.39, 0.29) is 28.8 Å². The normalized spacial score (nSPS) is 12.7. The lowest BCUT2D eigenvalue weighted by Gasteiger charge is -2.22. The molecule has 0 saturated heterocycles. The zero-order valence-corrected chi connectivity index (χ0v) is 11.8. The summed E-state index contributed by atoms with van der Waals surface area (Å²) in [4.78, 5) is -0.125. The molecule has 1 rings (SSSR count). The second kappa shape index (κ2) is 5.44. The fourth-order valence-electron chi connectivity index (χ4n) is 1.23. The number of halogens is 1. The number of sulfonamides is 1. The van der Waals surface area contributed by atoms with Gasteiger partial charge in [0.2, 0.25) is 10.0 Å². The lowest BCUT2D eigenvalue weighted by molar-refractivity contribution is 0.163. The van der Waals surface area contributed by atoms with Gasteiger partial charge in [-0.3, -0.25) is 0 Å². The molecule has 0 aliphatic heterocycles. The predicted octanol–water partition coefficient (Wildman–Crippen LogP) is 1.22. The minimum absolute atomic E-state index is 0.0734. The van der Waals surface area contributed by atoms with E-state index in [4.69, 9.17) is 22.4 Å². The van der Waals surface area contributed by atoms with E-state index in [9.17, 15) is 8.42 Å². The Labute approximate surface area is 112 Å². The van der Waals surface area contributed by atoms with Gasteiger partial charge >= 0.3 is 0 Å². The molecule has 0 bridgehead atoms. The monoisotopic (exact) mass is 292 g/mol. The highest BCUT2D eigenvalue weighted by atomic mass is 35.5. The number of anilines is 1. The van der Waals surface area contributed by atoms with Crippen LogP contribution in [-0.4, -0.2) is 26.7 Å². The van der Waals surface area contributed by atoms with E-state index in [1.54, 1.807) is 19.9 Å². The van der Waals surface area contributed by atoms with Gasteiger partial charge in [0.25, 0.3) is 0 Å². The molecule has 5 nitrogen and oxygen atoms in total. The van der Waals surface area contributed by atoms with Gasteiger partial charge in [-0.15, -0.1) is 0 Å². The zero-order valence-electron chi connectivity index (χ0n) is 10.3. The minimum Gasteiger partial charge on any atom is -0.398 e. The topological polar surface area (TPSA) is 92.4 Å². The molecular formula is C11H17ClN2O3S. The SMILES string of the molecule is CC(C)(CO)CNS(=O)(=O)c1c(N)cccc1Cl. The van der Waals surface area contributed by atoms with Crippen molar-refractivity contribution in [2.75, 3.05) is 18.9 Å². The smallest absolute Gasteiger partial charge is 0.244 e. The van der Waals surface area contributed by atoms with Gasteiger partial charge in [-0.25, -0.2) is 13.1 Å². The largest absolute Gasteiger partial charge is 0.398 e. The Kier molecular flexibility index (Phi) is 4.61. The summed E-state index contributed by atoms with van der Waals surface area (Å²) in [7, 11) is -3.78. The fourth-order valence-corrected chi connectivity index (χ4v) is 3.14. The van der Waals surface area contributed by atoms with Crippen LogP contribution in [0.2, 0.25) is 5.02 Å². The van der Waals surface area contributed by atoms with Gasteiger partial charge in [0, 0.05) is 18.6 Å².